The summed E-state index contributed by atoms with van der Waals surface area (Å²) in [5.41, 5.74) is 3.07. The van der Waals surface area contributed by atoms with Gasteiger partial charge in [-0.15, -0.1) is 0 Å². The summed E-state index contributed by atoms with van der Waals surface area (Å²) in [5.74, 6) is -0.914. The monoisotopic (exact) mass is 312 g/mol. The van der Waals surface area contributed by atoms with Crippen LogP contribution in [0.2, 0.25) is 0 Å². The Morgan fingerprint density at radius 2 is 1.13 bits per heavy atom. The number of hydrogen-bond acceptors (Lipinski definition) is 2. The molecule has 0 aliphatic heterocycles. The SMILES string of the molecule is C\C(C=O)=C/C=C/C(C)=C/C=C/C=C(C)/C=C/C=C(\C)C(=O)O. The van der Waals surface area contributed by atoms with Crippen molar-refractivity contribution < 1.29 is 14.7 Å². The van der Waals surface area contributed by atoms with Crippen molar-refractivity contribution in [1.29, 1.82) is 0 Å². The highest BCUT2D eigenvalue weighted by Gasteiger charge is 1.95. The van der Waals surface area contributed by atoms with E-state index in [9.17, 15) is 9.59 Å². The second kappa shape index (κ2) is 11.9. The van der Waals surface area contributed by atoms with E-state index in [4.69, 9.17) is 5.11 Å². The fourth-order valence-corrected chi connectivity index (χ4v) is 1.33. The van der Waals surface area contributed by atoms with Crippen LogP contribution in [0.1, 0.15) is 27.7 Å². The van der Waals surface area contributed by atoms with Crippen LogP contribution in [0, 0.1) is 0 Å². The molecule has 0 bridgehead atoms. The van der Waals surface area contributed by atoms with Crippen LogP contribution < -0.4 is 0 Å². The summed E-state index contributed by atoms with van der Waals surface area (Å²) >= 11 is 0. The van der Waals surface area contributed by atoms with E-state index in [0.29, 0.717) is 11.1 Å². The Balaban J connectivity index is 4.58. The second-order valence-electron chi connectivity index (χ2n) is 5.11. The van der Waals surface area contributed by atoms with Crippen molar-refractivity contribution in [1.82, 2.24) is 0 Å². The van der Waals surface area contributed by atoms with E-state index >= 15 is 0 Å². The average Bonchev–Trinajstić information content (AvgIpc) is 2.51. The molecule has 0 aromatic heterocycles. The third-order valence-corrected chi connectivity index (χ3v) is 2.78. The Kier molecular flexibility index (Phi) is 10.5. The fourth-order valence-electron chi connectivity index (χ4n) is 1.33. The van der Waals surface area contributed by atoms with Crippen molar-refractivity contribution in [3.63, 3.8) is 0 Å². The van der Waals surface area contributed by atoms with Crippen LogP contribution in [0.3, 0.4) is 0 Å². The zero-order valence-electron chi connectivity index (χ0n) is 14.1. The van der Waals surface area contributed by atoms with Crippen molar-refractivity contribution in [2.24, 2.45) is 0 Å². The van der Waals surface area contributed by atoms with Crippen molar-refractivity contribution in [2.75, 3.05) is 0 Å². The first kappa shape index (κ1) is 20.3. The van der Waals surface area contributed by atoms with Crippen LogP contribution in [-0.2, 0) is 9.59 Å². The van der Waals surface area contributed by atoms with E-state index in [1.54, 1.807) is 32.1 Å². The molecule has 0 atom stereocenters. The van der Waals surface area contributed by atoms with Gasteiger partial charge in [-0.3, -0.25) is 4.79 Å². The molecule has 0 amide bonds. The van der Waals surface area contributed by atoms with Gasteiger partial charge in [-0.2, -0.15) is 0 Å². The highest BCUT2D eigenvalue weighted by Crippen LogP contribution is 2.00. The Bertz CT molecular complexity index is 621. The Hall–Kier alpha value is -2.68. The molecule has 23 heavy (non-hydrogen) atoms. The fraction of sp³-hybridized carbons (Fsp3) is 0.200. The average molecular weight is 312 g/mol. The molecule has 3 heteroatoms. The molecular weight excluding hydrogens is 288 g/mol. The molecule has 0 aromatic rings. The molecule has 0 saturated carbocycles. The van der Waals surface area contributed by atoms with Gasteiger partial charge in [-0.25, -0.2) is 4.79 Å². The number of rotatable bonds is 8. The molecule has 0 fully saturated rings. The lowest BCUT2D eigenvalue weighted by atomic mass is 10.2. The minimum absolute atomic E-state index is 0.300. The summed E-state index contributed by atoms with van der Waals surface area (Å²) in [6.07, 6.45) is 19.2. The standard InChI is InChI=1S/C20H24O3/c1-16(11-7-13-18(3)15-21)9-5-6-10-17(2)12-8-14-19(4)20(22)23/h5-15H,1-4H3,(H,22,23)/b6-5+,11-7+,12-8+,16-9+,17-10+,18-13+,19-14+. The molecule has 0 rings (SSSR count). The maximum Gasteiger partial charge on any atom is 0.331 e. The Labute approximate surface area is 138 Å². The summed E-state index contributed by atoms with van der Waals surface area (Å²) in [6, 6.07) is 0. The normalized spacial score (nSPS) is 15.1. The predicted octanol–water partition coefficient (Wildman–Crippen LogP) is 4.72. The number of carbonyl (C=O) groups is 2. The predicted molar refractivity (Wildman–Crippen MR) is 96.1 cm³/mol. The van der Waals surface area contributed by atoms with Gasteiger partial charge < -0.3 is 5.11 Å². The lowest BCUT2D eigenvalue weighted by molar-refractivity contribution is -0.132. The molecule has 0 heterocycles. The number of allylic oxidation sites excluding steroid dienone is 13. The first-order valence-corrected chi connectivity index (χ1v) is 7.27. The minimum atomic E-state index is -0.914. The molecule has 1 N–H and O–H groups in total. The molecule has 122 valence electrons. The lowest BCUT2D eigenvalue weighted by Crippen LogP contribution is -1.94. The number of carboxylic acids is 1. The molecule has 0 aliphatic rings. The van der Waals surface area contributed by atoms with Gasteiger partial charge in [-0.1, -0.05) is 71.9 Å². The van der Waals surface area contributed by atoms with Crippen LogP contribution in [-0.4, -0.2) is 17.4 Å². The lowest BCUT2D eigenvalue weighted by Gasteiger charge is -1.90. The van der Waals surface area contributed by atoms with E-state index in [0.717, 1.165) is 17.4 Å². The molecule has 3 nitrogen and oxygen atoms in total. The van der Waals surface area contributed by atoms with Crippen LogP contribution in [0.15, 0.2) is 83.1 Å². The second-order valence-corrected chi connectivity index (χ2v) is 5.11. The highest BCUT2D eigenvalue weighted by atomic mass is 16.4. The van der Waals surface area contributed by atoms with Crippen molar-refractivity contribution in [2.45, 2.75) is 27.7 Å². The third-order valence-electron chi connectivity index (χ3n) is 2.78. The van der Waals surface area contributed by atoms with Crippen LogP contribution in [0.5, 0.6) is 0 Å². The number of carbonyl (C=O) groups excluding carboxylic acids is 1. The quantitative estimate of drug-likeness (QED) is 0.401. The molecule has 0 saturated heterocycles. The summed E-state index contributed by atoms with van der Waals surface area (Å²) in [5, 5.41) is 8.72. The van der Waals surface area contributed by atoms with Gasteiger partial charge >= 0.3 is 5.97 Å². The first-order valence-electron chi connectivity index (χ1n) is 7.27. The molecule has 0 radical (unpaired) electrons. The van der Waals surface area contributed by atoms with Crippen LogP contribution in [0.4, 0.5) is 0 Å². The first-order chi connectivity index (χ1) is 10.9. The van der Waals surface area contributed by atoms with E-state index < -0.39 is 5.97 Å². The van der Waals surface area contributed by atoms with E-state index in [-0.39, 0.29) is 0 Å². The number of hydrogen-bond donors (Lipinski definition) is 1. The number of aliphatic carboxylic acids is 1. The topological polar surface area (TPSA) is 54.4 Å². The van der Waals surface area contributed by atoms with Crippen molar-refractivity contribution >= 4 is 12.3 Å². The Morgan fingerprint density at radius 3 is 1.57 bits per heavy atom. The van der Waals surface area contributed by atoms with Gasteiger partial charge in [0.1, 0.15) is 6.29 Å². The smallest absolute Gasteiger partial charge is 0.331 e. The minimum Gasteiger partial charge on any atom is -0.478 e. The van der Waals surface area contributed by atoms with Crippen molar-refractivity contribution in [3.8, 4) is 0 Å². The molecule has 0 aromatic carbocycles. The van der Waals surface area contributed by atoms with E-state index in [1.165, 1.54) is 0 Å². The summed E-state index contributed by atoms with van der Waals surface area (Å²) < 4.78 is 0. The summed E-state index contributed by atoms with van der Waals surface area (Å²) in [7, 11) is 0. The maximum absolute atomic E-state index is 10.6. The van der Waals surface area contributed by atoms with Gasteiger partial charge in [0.2, 0.25) is 0 Å². The summed E-state index contributed by atoms with van der Waals surface area (Å²) in [4.78, 5) is 21.0. The van der Waals surface area contributed by atoms with Gasteiger partial charge in [-0.05, 0) is 33.3 Å². The largest absolute Gasteiger partial charge is 0.478 e. The maximum atomic E-state index is 10.6. The number of aldehydes is 1. The van der Waals surface area contributed by atoms with Gasteiger partial charge in [0.25, 0.3) is 0 Å². The van der Waals surface area contributed by atoms with Gasteiger partial charge in [0, 0.05) is 5.57 Å². The summed E-state index contributed by atoms with van der Waals surface area (Å²) in [6.45, 7) is 7.22. The Morgan fingerprint density at radius 1 is 0.696 bits per heavy atom. The van der Waals surface area contributed by atoms with Gasteiger partial charge in [0.05, 0.1) is 0 Å². The van der Waals surface area contributed by atoms with Crippen LogP contribution >= 0.6 is 0 Å². The third kappa shape index (κ3) is 11.6. The van der Waals surface area contributed by atoms with Crippen molar-refractivity contribution in [3.05, 3.63) is 83.1 Å². The van der Waals surface area contributed by atoms with E-state index in [1.807, 2.05) is 56.4 Å². The molecule has 0 aliphatic carbocycles. The zero-order chi connectivity index (χ0) is 17.7. The molecule has 0 spiro atoms. The number of carboxylic acid groups (broad SMARTS) is 1. The van der Waals surface area contributed by atoms with Crippen LogP contribution in [0.25, 0.3) is 0 Å². The van der Waals surface area contributed by atoms with E-state index in [2.05, 4.69) is 0 Å². The zero-order valence-corrected chi connectivity index (χ0v) is 14.1. The molecular formula is C20H24O3. The molecule has 0 unspecified atom stereocenters. The highest BCUT2D eigenvalue weighted by molar-refractivity contribution is 5.86. The van der Waals surface area contributed by atoms with Gasteiger partial charge in [0.15, 0.2) is 0 Å².